The molecule has 6 heteroatoms. The van der Waals surface area contributed by atoms with E-state index >= 15 is 0 Å². The van der Waals surface area contributed by atoms with Gasteiger partial charge in [-0.15, -0.1) is 11.3 Å². The number of H-pyrrole nitrogens is 1. The number of hydrogen-bond acceptors (Lipinski definition) is 4. The molecule has 0 spiro atoms. The lowest BCUT2D eigenvalue weighted by Crippen LogP contribution is -2.00. The first-order chi connectivity index (χ1) is 8.25. The van der Waals surface area contributed by atoms with Gasteiger partial charge in [-0.1, -0.05) is 0 Å². The fourth-order valence-electron chi connectivity index (χ4n) is 1.80. The molecule has 3 heterocycles. The summed E-state index contributed by atoms with van der Waals surface area (Å²) < 4.78 is 2.67. The van der Waals surface area contributed by atoms with Crippen LogP contribution in [0.15, 0.2) is 23.2 Å². The van der Waals surface area contributed by atoms with Crippen molar-refractivity contribution in [3.8, 4) is 0 Å². The van der Waals surface area contributed by atoms with E-state index in [-0.39, 0.29) is 0 Å². The summed E-state index contributed by atoms with van der Waals surface area (Å²) in [5, 5.41) is 2.02. The Bertz CT molecular complexity index is 709. The van der Waals surface area contributed by atoms with E-state index in [0.717, 1.165) is 22.4 Å². The summed E-state index contributed by atoms with van der Waals surface area (Å²) in [6, 6.07) is 1.97. The fourth-order valence-corrected chi connectivity index (χ4v) is 2.60. The maximum Gasteiger partial charge on any atom is 0.179 e. The molecule has 0 aliphatic rings. The van der Waals surface area contributed by atoms with Gasteiger partial charge in [0, 0.05) is 11.6 Å². The molecule has 3 aromatic heterocycles. The van der Waals surface area contributed by atoms with Gasteiger partial charge in [-0.25, -0.2) is 9.97 Å². The van der Waals surface area contributed by atoms with Crippen LogP contribution in [0.3, 0.4) is 0 Å². The molecular formula is C11H10N4S2. The maximum atomic E-state index is 5.33. The Hall–Kier alpha value is -1.53. The lowest BCUT2D eigenvalue weighted by atomic mass is 10.3. The van der Waals surface area contributed by atoms with Crippen LogP contribution in [0, 0.1) is 11.7 Å². The molecule has 17 heavy (non-hydrogen) atoms. The number of nitrogens with zero attached hydrogens (tertiary/aromatic N) is 3. The van der Waals surface area contributed by atoms with E-state index in [1.807, 2.05) is 28.4 Å². The Morgan fingerprint density at radius 2 is 2.35 bits per heavy atom. The van der Waals surface area contributed by atoms with Crippen LogP contribution in [0.1, 0.15) is 11.3 Å². The Balaban J connectivity index is 2.19. The number of pyridine rings is 1. The molecule has 1 N–H and O–H groups in total. The smallest absolute Gasteiger partial charge is 0.179 e. The molecule has 0 aliphatic heterocycles. The molecule has 0 radical (unpaired) electrons. The zero-order valence-electron chi connectivity index (χ0n) is 9.17. The highest BCUT2D eigenvalue weighted by Crippen LogP contribution is 2.16. The zero-order chi connectivity index (χ0) is 11.8. The summed E-state index contributed by atoms with van der Waals surface area (Å²) in [4.78, 5) is 11.9. The number of aromatic amines is 1. The minimum Gasteiger partial charge on any atom is -0.329 e. The van der Waals surface area contributed by atoms with E-state index < -0.39 is 0 Å². The summed E-state index contributed by atoms with van der Waals surface area (Å²) in [5.41, 5.74) is 5.89. The highest BCUT2D eigenvalue weighted by molar-refractivity contribution is 7.71. The molecule has 3 aromatic rings. The Morgan fingerprint density at radius 3 is 3.12 bits per heavy atom. The minimum atomic E-state index is 0.665. The van der Waals surface area contributed by atoms with E-state index in [2.05, 4.69) is 15.0 Å². The van der Waals surface area contributed by atoms with E-state index in [0.29, 0.717) is 11.3 Å². The van der Waals surface area contributed by atoms with Crippen LogP contribution in [0.5, 0.6) is 0 Å². The predicted molar refractivity (Wildman–Crippen MR) is 70.9 cm³/mol. The third-order valence-electron chi connectivity index (χ3n) is 2.68. The van der Waals surface area contributed by atoms with Crippen LogP contribution in [0.4, 0.5) is 0 Å². The largest absolute Gasteiger partial charge is 0.329 e. The second-order valence-electron chi connectivity index (χ2n) is 3.82. The molecule has 0 aliphatic carbocycles. The summed E-state index contributed by atoms with van der Waals surface area (Å²) in [6.07, 6.45) is 1.80. The molecule has 0 aromatic carbocycles. The number of aryl methyl sites for hydroxylation is 1. The molecule has 4 nitrogen and oxygen atoms in total. The molecule has 0 saturated carbocycles. The first kappa shape index (κ1) is 10.6. The minimum absolute atomic E-state index is 0.665. The van der Waals surface area contributed by atoms with Crippen LogP contribution in [0.2, 0.25) is 0 Å². The average Bonchev–Trinajstić information content (AvgIpc) is 2.91. The molecule has 0 amide bonds. The second-order valence-corrected chi connectivity index (χ2v) is 4.93. The summed E-state index contributed by atoms with van der Waals surface area (Å²) in [7, 11) is 0. The Kier molecular flexibility index (Phi) is 2.53. The van der Waals surface area contributed by atoms with Crippen molar-refractivity contribution in [1.29, 1.82) is 0 Å². The highest BCUT2D eigenvalue weighted by atomic mass is 32.1. The van der Waals surface area contributed by atoms with Crippen LogP contribution in [-0.4, -0.2) is 19.5 Å². The van der Waals surface area contributed by atoms with Gasteiger partial charge in [0.2, 0.25) is 0 Å². The summed E-state index contributed by atoms with van der Waals surface area (Å²) >= 11 is 6.92. The lowest BCUT2D eigenvalue weighted by molar-refractivity contribution is 0.782. The third-order valence-corrected chi connectivity index (χ3v) is 3.63. The van der Waals surface area contributed by atoms with Crippen LogP contribution in [0.25, 0.3) is 11.2 Å². The zero-order valence-corrected chi connectivity index (χ0v) is 10.8. The van der Waals surface area contributed by atoms with Gasteiger partial charge in [0.25, 0.3) is 0 Å². The van der Waals surface area contributed by atoms with Crippen molar-refractivity contribution in [1.82, 2.24) is 19.5 Å². The monoisotopic (exact) mass is 262 g/mol. The maximum absolute atomic E-state index is 5.33. The summed E-state index contributed by atoms with van der Waals surface area (Å²) in [6.45, 7) is 2.71. The van der Waals surface area contributed by atoms with Gasteiger partial charge in [-0.2, -0.15) is 0 Å². The van der Waals surface area contributed by atoms with Crippen molar-refractivity contribution in [3.63, 3.8) is 0 Å². The van der Waals surface area contributed by atoms with Crippen LogP contribution < -0.4 is 0 Å². The molecule has 0 atom stereocenters. The molecular weight excluding hydrogens is 252 g/mol. The molecule has 0 fully saturated rings. The first-order valence-corrected chi connectivity index (χ1v) is 6.52. The standard InChI is InChI=1S/C11H10N4S2/c1-7-2-3-12-10-9(7)14-11(16)15(10)4-8-5-17-6-13-8/h2-3,5-6H,4H2,1H3,(H,14,16). The van der Waals surface area contributed by atoms with Gasteiger partial charge in [0.1, 0.15) is 0 Å². The molecule has 86 valence electrons. The Morgan fingerprint density at radius 1 is 1.47 bits per heavy atom. The number of hydrogen-bond donors (Lipinski definition) is 1. The molecule has 0 bridgehead atoms. The third kappa shape index (κ3) is 1.79. The first-order valence-electron chi connectivity index (χ1n) is 5.17. The number of aromatic nitrogens is 4. The van der Waals surface area contributed by atoms with E-state index in [9.17, 15) is 0 Å². The number of fused-ring (bicyclic) bond motifs is 1. The van der Waals surface area contributed by atoms with Gasteiger partial charge in [0.05, 0.1) is 23.3 Å². The average molecular weight is 262 g/mol. The lowest BCUT2D eigenvalue weighted by Gasteiger charge is -2.01. The number of imidazole rings is 1. The second kappa shape index (κ2) is 4.05. The van der Waals surface area contributed by atoms with Crippen molar-refractivity contribution in [2.24, 2.45) is 0 Å². The summed E-state index contributed by atoms with van der Waals surface area (Å²) in [5.74, 6) is 0. The normalized spacial score (nSPS) is 11.1. The van der Waals surface area contributed by atoms with E-state index in [1.54, 1.807) is 17.5 Å². The van der Waals surface area contributed by atoms with Crippen molar-refractivity contribution in [2.75, 3.05) is 0 Å². The van der Waals surface area contributed by atoms with Crippen molar-refractivity contribution < 1.29 is 0 Å². The quantitative estimate of drug-likeness (QED) is 0.722. The van der Waals surface area contributed by atoms with Gasteiger partial charge < -0.3 is 4.98 Å². The van der Waals surface area contributed by atoms with E-state index in [1.165, 1.54) is 0 Å². The predicted octanol–water partition coefficient (Wildman–Crippen LogP) is 2.91. The van der Waals surface area contributed by atoms with Gasteiger partial charge in [0.15, 0.2) is 10.4 Å². The highest BCUT2D eigenvalue weighted by Gasteiger charge is 2.08. The SMILES string of the molecule is Cc1ccnc2c1[nH]c(=S)n2Cc1cscn1. The van der Waals surface area contributed by atoms with Crippen LogP contribution >= 0.6 is 23.6 Å². The Labute approximate surface area is 107 Å². The number of thiazole rings is 1. The van der Waals surface area contributed by atoms with Crippen LogP contribution in [-0.2, 0) is 6.54 Å². The molecule has 0 unspecified atom stereocenters. The molecule has 0 saturated heterocycles. The number of rotatable bonds is 2. The van der Waals surface area contributed by atoms with E-state index in [4.69, 9.17) is 12.2 Å². The van der Waals surface area contributed by atoms with Crippen molar-refractivity contribution >= 4 is 34.7 Å². The van der Waals surface area contributed by atoms with Crippen molar-refractivity contribution in [3.05, 3.63) is 39.2 Å². The van der Waals surface area contributed by atoms with Crippen molar-refractivity contribution in [2.45, 2.75) is 13.5 Å². The van der Waals surface area contributed by atoms with Gasteiger partial charge in [-0.05, 0) is 30.8 Å². The van der Waals surface area contributed by atoms with Gasteiger partial charge in [-0.3, -0.25) is 4.57 Å². The van der Waals surface area contributed by atoms with Gasteiger partial charge >= 0.3 is 0 Å². The molecule has 3 rings (SSSR count). The fraction of sp³-hybridized carbons (Fsp3) is 0.182. The topological polar surface area (TPSA) is 46.5 Å². The number of nitrogens with one attached hydrogen (secondary N) is 1.